The summed E-state index contributed by atoms with van der Waals surface area (Å²) in [4.78, 5) is 19.3. The van der Waals surface area contributed by atoms with Gasteiger partial charge in [-0.15, -0.1) is 0 Å². The van der Waals surface area contributed by atoms with Gasteiger partial charge < -0.3 is 20.7 Å². The van der Waals surface area contributed by atoms with Crippen molar-refractivity contribution in [1.82, 2.24) is 10.3 Å². The zero-order valence-electron chi connectivity index (χ0n) is 15.6. The van der Waals surface area contributed by atoms with Crippen LogP contribution in [0.15, 0.2) is 36.5 Å². The number of nitrogens with one attached hydrogen (secondary N) is 2. The molecule has 1 saturated heterocycles. The molecule has 1 amide bonds. The molecule has 1 aromatic carbocycles. The van der Waals surface area contributed by atoms with Crippen LogP contribution >= 0.6 is 0 Å². The number of cyclic esters (lactones) is 1. The maximum Gasteiger partial charge on any atom is 0.414 e. The van der Waals surface area contributed by atoms with Crippen molar-refractivity contribution < 1.29 is 13.9 Å². The molecule has 1 aromatic heterocycles. The number of likely N-dealkylation sites (N-methyl/N-ethyl adjacent to an activating group) is 1. The molecule has 1 aliphatic heterocycles. The normalized spacial score (nSPS) is 16.2. The predicted molar refractivity (Wildman–Crippen MR) is 106 cm³/mol. The largest absolute Gasteiger partial charge is 0.443 e. The number of hydrogen-bond donors (Lipinski definition) is 3. The van der Waals surface area contributed by atoms with Gasteiger partial charge in [0.2, 0.25) is 0 Å². The van der Waals surface area contributed by atoms with E-state index in [0.29, 0.717) is 48.8 Å². The molecule has 0 bridgehead atoms. The van der Waals surface area contributed by atoms with E-state index in [0.717, 1.165) is 6.34 Å². The van der Waals surface area contributed by atoms with Crippen LogP contribution in [0.25, 0.3) is 11.1 Å². The fourth-order valence-electron chi connectivity index (χ4n) is 3.07. The van der Waals surface area contributed by atoms with Crippen LogP contribution in [0.3, 0.4) is 0 Å². The second kappa shape index (κ2) is 8.77. The topological polar surface area (TPSA) is 108 Å². The van der Waals surface area contributed by atoms with E-state index in [2.05, 4.69) is 10.3 Å². The van der Waals surface area contributed by atoms with Gasteiger partial charge in [0.15, 0.2) is 0 Å². The maximum atomic E-state index is 14.7. The van der Waals surface area contributed by atoms with Crippen molar-refractivity contribution in [2.24, 2.45) is 5.73 Å². The average Bonchev–Trinajstić information content (AvgIpc) is 3.07. The molecular weight excluding hydrogens is 363 g/mol. The molecule has 1 unspecified atom stereocenters. The van der Waals surface area contributed by atoms with Crippen molar-refractivity contribution in [3.05, 3.63) is 42.3 Å². The quantitative estimate of drug-likeness (QED) is 0.472. The number of hydrogen-bond acceptors (Lipinski definition) is 6. The number of anilines is 2. The van der Waals surface area contributed by atoms with E-state index < -0.39 is 11.9 Å². The number of carbonyl (C=O) groups is 1. The van der Waals surface area contributed by atoms with Crippen LogP contribution < -0.4 is 20.9 Å². The second-order valence-corrected chi connectivity index (χ2v) is 6.35. The van der Waals surface area contributed by atoms with Crippen LogP contribution in [0.1, 0.15) is 0 Å². The van der Waals surface area contributed by atoms with Crippen molar-refractivity contribution in [1.29, 1.82) is 5.41 Å². The van der Waals surface area contributed by atoms with Crippen LogP contribution in [-0.2, 0) is 4.74 Å². The van der Waals surface area contributed by atoms with Gasteiger partial charge in [-0.2, -0.15) is 0 Å². The van der Waals surface area contributed by atoms with E-state index >= 15 is 0 Å². The predicted octanol–water partition coefficient (Wildman–Crippen LogP) is 1.80. The molecule has 0 radical (unpaired) electrons. The van der Waals surface area contributed by atoms with Crippen LogP contribution in [0.4, 0.5) is 20.7 Å². The Hall–Kier alpha value is -3.04. The third-order valence-electron chi connectivity index (χ3n) is 4.45. The van der Waals surface area contributed by atoms with E-state index in [4.69, 9.17) is 15.9 Å². The second-order valence-electron chi connectivity index (χ2n) is 6.35. The molecule has 1 fully saturated rings. The highest BCUT2D eigenvalue weighted by Gasteiger charge is 2.32. The standard InChI is InChI=1S/C19H23FN6O2/c1-23-10-15-11-26(19(27)28-15)14-3-4-16(17(20)8-14)13-2-5-18(24-9-13)25(12-22)7-6-21/h2-5,8-9,12,15,22-23H,6-7,10-11,21H2,1H3. The highest BCUT2D eigenvalue weighted by Crippen LogP contribution is 2.29. The van der Waals surface area contributed by atoms with Crippen molar-refractivity contribution in [2.75, 3.05) is 43.0 Å². The highest BCUT2D eigenvalue weighted by atomic mass is 19.1. The Balaban J connectivity index is 1.79. The maximum absolute atomic E-state index is 14.7. The number of amides is 1. The molecule has 4 N–H and O–H groups in total. The van der Waals surface area contributed by atoms with Gasteiger partial charge >= 0.3 is 6.09 Å². The number of ether oxygens (including phenoxy) is 1. The fraction of sp³-hybridized carbons (Fsp3) is 0.316. The molecule has 3 rings (SSSR count). The lowest BCUT2D eigenvalue weighted by molar-refractivity contribution is 0.141. The van der Waals surface area contributed by atoms with Crippen molar-refractivity contribution in [3.63, 3.8) is 0 Å². The molecule has 0 spiro atoms. The Bertz CT molecular complexity index is 845. The first-order chi connectivity index (χ1) is 13.6. The number of aromatic nitrogens is 1. The Morgan fingerprint density at radius 1 is 1.46 bits per heavy atom. The van der Waals surface area contributed by atoms with E-state index in [1.165, 1.54) is 11.0 Å². The number of pyridine rings is 1. The Kier molecular flexibility index (Phi) is 6.17. The van der Waals surface area contributed by atoms with E-state index in [1.807, 2.05) is 0 Å². The molecule has 1 atom stereocenters. The van der Waals surface area contributed by atoms with Gasteiger partial charge in [0, 0.05) is 37.0 Å². The van der Waals surface area contributed by atoms with Gasteiger partial charge in [0.25, 0.3) is 0 Å². The Morgan fingerprint density at radius 3 is 2.89 bits per heavy atom. The molecule has 2 heterocycles. The first kappa shape index (κ1) is 19.7. The molecule has 1 aliphatic rings. The summed E-state index contributed by atoms with van der Waals surface area (Å²) >= 11 is 0. The lowest BCUT2D eigenvalue weighted by atomic mass is 10.1. The lowest BCUT2D eigenvalue weighted by Crippen LogP contribution is -2.29. The van der Waals surface area contributed by atoms with Crippen LogP contribution in [0.2, 0.25) is 0 Å². The molecule has 148 valence electrons. The first-order valence-corrected chi connectivity index (χ1v) is 8.93. The Labute approximate surface area is 162 Å². The number of rotatable bonds is 8. The summed E-state index contributed by atoms with van der Waals surface area (Å²) in [6.07, 6.45) is 1.96. The molecule has 9 heteroatoms. The van der Waals surface area contributed by atoms with Crippen molar-refractivity contribution >= 4 is 23.9 Å². The first-order valence-electron chi connectivity index (χ1n) is 8.93. The zero-order chi connectivity index (χ0) is 20.1. The minimum Gasteiger partial charge on any atom is -0.443 e. The van der Waals surface area contributed by atoms with Crippen LogP contribution in [0, 0.1) is 11.2 Å². The monoisotopic (exact) mass is 386 g/mol. The molecule has 0 aliphatic carbocycles. The molecular formula is C19H23FN6O2. The van der Waals surface area contributed by atoms with Gasteiger partial charge in [0.1, 0.15) is 17.7 Å². The summed E-state index contributed by atoms with van der Waals surface area (Å²) in [6, 6.07) is 8.08. The van der Waals surface area contributed by atoms with E-state index in [9.17, 15) is 9.18 Å². The minimum absolute atomic E-state index is 0.262. The molecule has 28 heavy (non-hydrogen) atoms. The third kappa shape index (κ3) is 4.10. The van der Waals surface area contributed by atoms with Crippen molar-refractivity contribution in [2.45, 2.75) is 6.10 Å². The van der Waals surface area contributed by atoms with Crippen molar-refractivity contribution in [3.8, 4) is 11.1 Å². The highest BCUT2D eigenvalue weighted by molar-refractivity contribution is 5.90. The number of nitrogens with two attached hydrogens (primary N) is 1. The fourth-order valence-corrected chi connectivity index (χ4v) is 3.07. The minimum atomic E-state index is -0.481. The summed E-state index contributed by atoms with van der Waals surface area (Å²) in [7, 11) is 1.78. The number of halogens is 1. The third-order valence-corrected chi connectivity index (χ3v) is 4.45. The summed E-state index contributed by atoms with van der Waals surface area (Å²) in [5.74, 6) is 0.111. The number of benzene rings is 1. The van der Waals surface area contributed by atoms with Gasteiger partial charge in [-0.3, -0.25) is 10.3 Å². The lowest BCUT2D eigenvalue weighted by Gasteiger charge is -2.17. The van der Waals surface area contributed by atoms with Gasteiger partial charge in [-0.05, 0) is 37.4 Å². The van der Waals surface area contributed by atoms with Gasteiger partial charge in [-0.1, -0.05) is 0 Å². The summed E-state index contributed by atoms with van der Waals surface area (Å²) in [6.45, 7) is 1.77. The summed E-state index contributed by atoms with van der Waals surface area (Å²) in [5, 5.41) is 10.4. The molecule has 8 nitrogen and oxygen atoms in total. The Morgan fingerprint density at radius 2 is 2.29 bits per heavy atom. The molecule has 2 aromatic rings. The van der Waals surface area contributed by atoms with Crippen LogP contribution in [0.5, 0.6) is 0 Å². The number of carbonyl (C=O) groups excluding carboxylic acids is 1. The summed E-state index contributed by atoms with van der Waals surface area (Å²) in [5.41, 5.74) is 6.95. The van der Waals surface area contributed by atoms with Gasteiger partial charge in [-0.25, -0.2) is 14.2 Å². The van der Waals surface area contributed by atoms with Gasteiger partial charge in [0.05, 0.1) is 18.6 Å². The van der Waals surface area contributed by atoms with Crippen LogP contribution in [-0.4, -0.2) is 56.7 Å². The average molecular weight is 386 g/mol. The zero-order valence-corrected chi connectivity index (χ0v) is 15.6. The van der Waals surface area contributed by atoms with E-state index in [-0.39, 0.29) is 6.10 Å². The summed E-state index contributed by atoms with van der Waals surface area (Å²) < 4.78 is 20.0. The smallest absolute Gasteiger partial charge is 0.414 e. The number of nitrogens with zero attached hydrogens (tertiary/aromatic N) is 3. The SMILES string of the molecule is CNCC1CN(c2ccc(-c3ccc(N(C=N)CCN)nc3)c(F)c2)C(=O)O1. The van der Waals surface area contributed by atoms with E-state index in [1.54, 1.807) is 42.4 Å². The molecule has 0 saturated carbocycles.